The van der Waals surface area contributed by atoms with Crippen LogP contribution in [0.25, 0.3) is 15.9 Å². The number of rotatable bonds is 2. The van der Waals surface area contributed by atoms with Crippen LogP contribution >= 0.6 is 0 Å². The van der Waals surface area contributed by atoms with Crippen molar-refractivity contribution >= 4 is 28.5 Å². The van der Waals surface area contributed by atoms with Gasteiger partial charge >= 0.3 is 0 Å². The van der Waals surface area contributed by atoms with Crippen molar-refractivity contribution in [3.63, 3.8) is 0 Å². The lowest BCUT2D eigenvalue weighted by Crippen LogP contribution is -2.42. The SMILES string of the molecule is [C-]#[N+]C1C(C2CCN(C(C)=O)CC2)=Nc2[nH]ncc2C1c1cccc2nonc12. The minimum atomic E-state index is -0.462. The standard InChI is InChI=1S/C20H19N7O2/c1-11(28)27-8-6-12(7-9-27)17-19(21-2)16(14-10-22-24-20(14)23-17)13-4-3-5-15-18(13)26-29-25-15/h3-5,10,12,16,19H,6-9H2,1H3,(H,22,24). The fourth-order valence-corrected chi connectivity index (χ4v) is 4.52. The molecule has 0 radical (unpaired) electrons. The first-order valence-electron chi connectivity index (χ1n) is 9.62. The minimum absolute atomic E-state index is 0.0923. The number of aromatic amines is 1. The number of carbonyl (C=O) groups excluding carboxylic acids is 1. The van der Waals surface area contributed by atoms with Gasteiger partial charge in [0.05, 0.1) is 12.1 Å². The summed E-state index contributed by atoms with van der Waals surface area (Å²) in [5, 5.41) is 15.2. The van der Waals surface area contributed by atoms with Gasteiger partial charge in [0.2, 0.25) is 5.91 Å². The van der Waals surface area contributed by atoms with Crippen LogP contribution in [0.1, 0.15) is 36.8 Å². The van der Waals surface area contributed by atoms with Crippen LogP contribution in [-0.4, -0.2) is 56.2 Å². The third-order valence-electron chi connectivity index (χ3n) is 5.99. The van der Waals surface area contributed by atoms with Gasteiger partial charge in [-0.1, -0.05) is 12.1 Å². The number of nitrogens with zero attached hydrogens (tertiary/aromatic N) is 6. The van der Waals surface area contributed by atoms with Crippen LogP contribution in [0.2, 0.25) is 0 Å². The van der Waals surface area contributed by atoms with E-state index in [1.54, 1.807) is 13.1 Å². The van der Waals surface area contributed by atoms with E-state index in [9.17, 15) is 4.79 Å². The fraction of sp³-hybridized carbons (Fsp3) is 0.400. The first kappa shape index (κ1) is 17.6. The lowest BCUT2D eigenvalue weighted by atomic mass is 9.76. The Morgan fingerprint density at radius 1 is 1.28 bits per heavy atom. The predicted molar refractivity (Wildman–Crippen MR) is 105 cm³/mol. The third kappa shape index (κ3) is 2.79. The van der Waals surface area contributed by atoms with Crippen molar-refractivity contribution < 1.29 is 9.42 Å². The van der Waals surface area contributed by atoms with Crippen LogP contribution in [0.3, 0.4) is 0 Å². The van der Waals surface area contributed by atoms with E-state index in [0.717, 1.165) is 29.7 Å². The molecule has 2 aliphatic heterocycles. The molecule has 1 aromatic carbocycles. The summed E-state index contributed by atoms with van der Waals surface area (Å²) in [6.07, 6.45) is 3.34. The highest BCUT2D eigenvalue weighted by atomic mass is 16.6. The Bertz CT molecular complexity index is 1150. The molecule has 29 heavy (non-hydrogen) atoms. The van der Waals surface area contributed by atoms with Crippen LogP contribution in [0, 0.1) is 12.5 Å². The van der Waals surface area contributed by atoms with E-state index in [1.807, 2.05) is 23.1 Å². The number of hydrogen-bond donors (Lipinski definition) is 1. The summed E-state index contributed by atoms with van der Waals surface area (Å²) >= 11 is 0. The molecule has 1 fully saturated rings. The lowest BCUT2D eigenvalue weighted by Gasteiger charge is -2.34. The molecule has 1 amide bonds. The molecule has 9 nitrogen and oxygen atoms in total. The van der Waals surface area contributed by atoms with Gasteiger partial charge in [-0.05, 0) is 34.8 Å². The van der Waals surface area contributed by atoms with Crippen molar-refractivity contribution in [3.8, 4) is 0 Å². The van der Waals surface area contributed by atoms with Gasteiger partial charge in [-0.15, -0.1) is 0 Å². The van der Waals surface area contributed by atoms with E-state index in [2.05, 4.69) is 25.4 Å². The predicted octanol–water partition coefficient (Wildman–Crippen LogP) is 2.71. The topological polar surface area (TPSA) is 105 Å². The number of amides is 1. The van der Waals surface area contributed by atoms with Crippen molar-refractivity contribution in [2.75, 3.05) is 13.1 Å². The number of nitrogens with one attached hydrogen (secondary N) is 1. The summed E-state index contributed by atoms with van der Waals surface area (Å²) in [5.74, 6) is 0.676. The van der Waals surface area contributed by atoms with Crippen molar-refractivity contribution in [1.82, 2.24) is 25.4 Å². The highest BCUT2D eigenvalue weighted by Crippen LogP contribution is 2.43. The molecule has 3 aromatic rings. The second-order valence-corrected chi connectivity index (χ2v) is 7.52. The molecule has 146 valence electrons. The van der Waals surface area contributed by atoms with Crippen molar-refractivity contribution in [1.29, 1.82) is 0 Å². The quantitative estimate of drug-likeness (QED) is 0.679. The molecule has 2 aliphatic rings. The molecule has 0 aliphatic carbocycles. The highest BCUT2D eigenvalue weighted by molar-refractivity contribution is 5.99. The molecule has 2 aromatic heterocycles. The van der Waals surface area contributed by atoms with Gasteiger partial charge < -0.3 is 9.74 Å². The van der Waals surface area contributed by atoms with Crippen molar-refractivity contribution in [2.45, 2.75) is 31.7 Å². The number of H-pyrrole nitrogens is 1. The van der Waals surface area contributed by atoms with E-state index in [-0.39, 0.29) is 17.7 Å². The van der Waals surface area contributed by atoms with Gasteiger partial charge in [-0.3, -0.25) is 9.89 Å². The Kier molecular flexibility index (Phi) is 4.12. The number of aromatic nitrogens is 4. The smallest absolute Gasteiger partial charge is 0.272 e. The third-order valence-corrected chi connectivity index (χ3v) is 5.99. The maximum absolute atomic E-state index is 11.7. The monoisotopic (exact) mass is 389 g/mol. The average Bonchev–Trinajstić information content (AvgIpc) is 3.41. The number of carbonyl (C=O) groups is 1. The molecule has 2 unspecified atom stereocenters. The molecular formula is C20H19N7O2. The van der Waals surface area contributed by atoms with Crippen LogP contribution < -0.4 is 0 Å². The molecule has 2 atom stereocenters. The second kappa shape index (κ2) is 6.81. The van der Waals surface area contributed by atoms with Gasteiger partial charge in [-0.25, -0.2) is 16.2 Å². The molecule has 0 spiro atoms. The molecule has 4 heterocycles. The molecule has 1 saturated heterocycles. The first-order valence-corrected chi connectivity index (χ1v) is 9.62. The Morgan fingerprint density at radius 3 is 2.86 bits per heavy atom. The maximum atomic E-state index is 11.7. The van der Waals surface area contributed by atoms with Gasteiger partial charge in [-0.2, -0.15) is 5.10 Å². The van der Waals surface area contributed by atoms with Crippen LogP contribution in [-0.2, 0) is 4.79 Å². The zero-order valence-corrected chi connectivity index (χ0v) is 15.9. The van der Waals surface area contributed by atoms with Gasteiger partial charge in [0.15, 0.2) is 5.82 Å². The fourth-order valence-electron chi connectivity index (χ4n) is 4.52. The lowest BCUT2D eigenvalue weighted by molar-refractivity contribution is -0.129. The van der Waals surface area contributed by atoms with Crippen LogP contribution in [0.15, 0.2) is 34.0 Å². The Balaban J connectivity index is 1.58. The second-order valence-electron chi connectivity index (χ2n) is 7.52. The number of benzene rings is 1. The zero-order valence-electron chi connectivity index (χ0n) is 15.9. The Hall–Kier alpha value is -3.54. The van der Waals surface area contributed by atoms with E-state index in [1.165, 1.54) is 0 Å². The summed E-state index contributed by atoms with van der Waals surface area (Å²) in [6, 6.07) is 5.25. The van der Waals surface area contributed by atoms with Gasteiger partial charge in [0.25, 0.3) is 6.04 Å². The minimum Gasteiger partial charge on any atom is -0.343 e. The average molecular weight is 389 g/mol. The first-order chi connectivity index (χ1) is 14.2. The summed E-state index contributed by atoms with van der Waals surface area (Å²) < 4.78 is 4.94. The van der Waals surface area contributed by atoms with E-state index in [4.69, 9.17) is 16.2 Å². The highest BCUT2D eigenvalue weighted by Gasteiger charge is 2.44. The Morgan fingerprint density at radius 2 is 2.10 bits per heavy atom. The Labute approximate surface area is 166 Å². The number of aliphatic imine (C=N–C) groups is 1. The van der Waals surface area contributed by atoms with E-state index < -0.39 is 6.04 Å². The van der Waals surface area contributed by atoms with Crippen LogP contribution in [0.5, 0.6) is 0 Å². The molecule has 5 rings (SSSR count). The molecule has 1 N–H and O–H groups in total. The number of likely N-dealkylation sites (tertiary alicyclic amines) is 1. The van der Waals surface area contributed by atoms with E-state index in [0.29, 0.717) is 29.9 Å². The number of fused-ring (bicyclic) bond motifs is 2. The summed E-state index contributed by atoms with van der Waals surface area (Å²) in [7, 11) is 0. The largest absolute Gasteiger partial charge is 0.343 e. The maximum Gasteiger partial charge on any atom is 0.272 e. The molecular weight excluding hydrogens is 370 g/mol. The normalized spacial score (nSPS) is 22.2. The zero-order chi connectivity index (χ0) is 20.0. The van der Waals surface area contributed by atoms with Crippen molar-refractivity contribution in [3.05, 3.63) is 46.9 Å². The van der Waals surface area contributed by atoms with E-state index >= 15 is 0 Å². The molecule has 9 heteroatoms. The number of hydrogen-bond acceptors (Lipinski definition) is 6. The van der Waals surface area contributed by atoms with Gasteiger partial charge in [0, 0.05) is 31.5 Å². The van der Waals surface area contributed by atoms with Crippen LogP contribution in [0.4, 0.5) is 5.82 Å². The molecule has 0 saturated carbocycles. The number of piperidine rings is 1. The van der Waals surface area contributed by atoms with Crippen molar-refractivity contribution in [2.24, 2.45) is 10.9 Å². The molecule has 0 bridgehead atoms. The summed E-state index contributed by atoms with van der Waals surface area (Å²) in [5.41, 5.74) is 3.95. The van der Waals surface area contributed by atoms with Gasteiger partial charge in [0.1, 0.15) is 16.7 Å². The summed E-state index contributed by atoms with van der Waals surface area (Å²) in [6.45, 7) is 11.0. The summed E-state index contributed by atoms with van der Waals surface area (Å²) in [4.78, 5) is 22.4.